The normalized spacial score (nSPS) is 9.67. The van der Waals surface area contributed by atoms with Gasteiger partial charge in [-0.15, -0.1) is 22.9 Å². The number of amides is 3. The highest BCUT2D eigenvalue weighted by Crippen LogP contribution is 2.03. The van der Waals surface area contributed by atoms with E-state index in [2.05, 4.69) is 15.6 Å². The zero-order chi connectivity index (χ0) is 11.1. The summed E-state index contributed by atoms with van der Waals surface area (Å²) in [6, 6.07) is -0.515. The molecule has 0 unspecified atom stereocenters. The maximum absolute atomic E-state index is 11.1. The van der Waals surface area contributed by atoms with Crippen molar-refractivity contribution >= 4 is 34.9 Å². The van der Waals surface area contributed by atoms with Crippen LogP contribution in [0.15, 0.2) is 11.7 Å². The number of alkyl halides is 1. The fraction of sp³-hybridized carbons (Fsp3) is 0.375. The van der Waals surface area contributed by atoms with Crippen molar-refractivity contribution in [2.75, 3.05) is 5.88 Å². The van der Waals surface area contributed by atoms with Crippen LogP contribution in [0, 0.1) is 0 Å². The Morgan fingerprint density at radius 1 is 1.53 bits per heavy atom. The third-order valence-electron chi connectivity index (χ3n) is 1.48. The number of hydrogen-bond acceptors (Lipinski definition) is 4. The topological polar surface area (TPSA) is 71.1 Å². The molecule has 3 amide bonds. The number of thiazole rings is 1. The standard InChI is InChI=1S/C8H10ClN3O2S/c9-2-1-7(13)12-8(14)11-4-6-3-10-5-15-6/h3,5H,1-2,4H2,(H2,11,12,13,14). The molecule has 5 nitrogen and oxygen atoms in total. The predicted octanol–water partition coefficient (Wildman–Crippen LogP) is 1.10. The van der Waals surface area contributed by atoms with Crippen LogP contribution in [0.1, 0.15) is 11.3 Å². The van der Waals surface area contributed by atoms with Gasteiger partial charge in [-0.3, -0.25) is 15.1 Å². The van der Waals surface area contributed by atoms with Crippen LogP contribution in [0.3, 0.4) is 0 Å². The van der Waals surface area contributed by atoms with Gasteiger partial charge in [0.15, 0.2) is 0 Å². The van der Waals surface area contributed by atoms with E-state index in [0.717, 1.165) is 4.88 Å². The lowest BCUT2D eigenvalue weighted by molar-refractivity contribution is -0.119. The highest BCUT2D eigenvalue weighted by molar-refractivity contribution is 7.09. The average Bonchev–Trinajstić information content (AvgIpc) is 2.67. The first kappa shape index (κ1) is 11.9. The van der Waals surface area contributed by atoms with Crippen molar-refractivity contribution in [3.63, 3.8) is 0 Å². The summed E-state index contributed by atoms with van der Waals surface area (Å²) in [4.78, 5) is 26.8. The number of rotatable bonds is 4. The van der Waals surface area contributed by atoms with Crippen LogP contribution < -0.4 is 10.6 Å². The van der Waals surface area contributed by atoms with Gasteiger partial charge < -0.3 is 5.32 Å². The lowest BCUT2D eigenvalue weighted by atomic mass is 10.4. The van der Waals surface area contributed by atoms with Gasteiger partial charge in [-0.25, -0.2) is 4.79 Å². The Morgan fingerprint density at radius 2 is 2.33 bits per heavy atom. The minimum atomic E-state index is -0.515. The highest BCUT2D eigenvalue weighted by atomic mass is 35.5. The van der Waals surface area contributed by atoms with Crippen molar-refractivity contribution in [1.29, 1.82) is 0 Å². The SMILES string of the molecule is O=C(CCCl)NC(=O)NCc1cncs1. The monoisotopic (exact) mass is 247 g/mol. The van der Waals surface area contributed by atoms with E-state index in [4.69, 9.17) is 11.6 Å². The van der Waals surface area contributed by atoms with Gasteiger partial charge in [0.05, 0.1) is 12.1 Å². The van der Waals surface area contributed by atoms with Gasteiger partial charge in [-0.1, -0.05) is 0 Å². The van der Waals surface area contributed by atoms with Crippen molar-refractivity contribution in [2.45, 2.75) is 13.0 Å². The van der Waals surface area contributed by atoms with E-state index in [9.17, 15) is 9.59 Å². The summed E-state index contributed by atoms with van der Waals surface area (Å²) in [7, 11) is 0. The smallest absolute Gasteiger partial charge is 0.321 e. The molecule has 1 heterocycles. The molecule has 15 heavy (non-hydrogen) atoms. The molecular weight excluding hydrogens is 238 g/mol. The van der Waals surface area contributed by atoms with Gasteiger partial charge in [-0.2, -0.15) is 0 Å². The molecule has 1 rings (SSSR count). The van der Waals surface area contributed by atoms with E-state index in [1.54, 1.807) is 11.7 Å². The molecule has 0 aliphatic heterocycles. The first-order valence-corrected chi connectivity index (χ1v) is 5.65. The molecule has 0 saturated carbocycles. The fourth-order valence-electron chi connectivity index (χ4n) is 0.816. The fourth-order valence-corrected chi connectivity index (χ4v) is 1.52. The van der Waals surface area contributed by atoms with E-state index >= 15 is 0 Å². The number of aromatic nitrogens is 1. The predicted molar refractivity (Wildman–Crippen MR) is 57.8 cm³/mol. The van der Waals surface area contributed by atoms with Gasteiger partial charge >= 0.3 is 6.03 Å². The number of imide groups is 1. The summed E-state index contributed by atoms with van der Waals surface area (Å²) in [6.07, 6.45) is 1.79. The minimum Gasteiger partial charge on any atom is -0.333 e. The first-order chi connectivity index (χ1) is 7.22. The molecule has 7 heteroatoms. The largest absolute Gasteiger partial charge is 0.333 e. The van der Waals surface area contributed by atoms with Gasteiger partial charge in [0.2, 0.25) is 5.91 Å². The number of halogens is 1. The van der Waals surface area contributed by atoms with E-state index in [-0.39, 0.29) is 18.2 Å². The summed E-state index contributed by atoms with van der Waals surface area (Å²) in [6.45, 7) is 0.366. The van der Waals surface area contributed by atoms with Crippen molar-refractivity contribution in [3.05, 3.63) is 16.6 Å². The Labute approximate surface area is 95.8 Å². The molecule has 0 radical (unpaired) electrons. The molecule has 0 saturated heterocycles. The summed E-state index contributed by atoms with van der Waals surface area (Å²) in [5.74, 6) is -0.180. The molecular formula is C8H10ClN3O2S. The van der Waals surface area contributed by atoms with Crippen LogP contribution in [-0.2, 0) is 11.3 Å². The Balaban J connectivity index is 2.22. The van der Waals surface area contributed by atoms with Crippen LogP contribution >= 0.6 is 22.9 Å². The Hall–Kier alpha value is -1.14. The van der Waals surface area contributed by atoms with Gasteiger partial charge in [-0.05, 0) is 0 Å². The third-order valence-corrected chi connectivity index (χ3v) is 2.45. The van der Waals surface area contributed by atoms with Crippen LogP contribution in [0.2, 0.25) is 0 Å². The lowest BCUT2D eigenvalue weighted by Crippen LogP contribution is -2.39. The molecule has 0 bridgehead atoms. The molecule has 2 N–H and O–H groups in total. The number of carbonyl (C=O) groups excluding carboxylic acids is 2. The molecule has 1 aromatic heterocycles. The lowest BCUT2D eigenvalue weighted by Gasteiger charge is -2.03. The highest BCUT2D eigenvalue weighted by Gasteiger charge is 2.06. The van der Waals surface area contributed by atoms with Crippen molar-refractivity contribution in [3.8, 4) is 0 Å². The Bertz CT molecular complexity index is 329. The Morgan fingerprint density at radius 3 is 2.93 bits per heavy atom. The second kappa shape index (κ2) is 6.36. The van der Waals surface area contributed by atoms with Crippen LogP contribution in [0.4, 0.5) is 4.79 Å². The number of carbonyl (C=O) groups is 2. The Kier molecular flexibility index (Phi) is 5.06. The summed E-state index contributed by atoms with van der Waals surface area (Å²) in [5, 5.41) is 4.68. The second-order valence-electron chi connectivity index (χ2n) is 2.64. The second-order valence-corrected chi connectivity index (χ2v) is 3.99. The first-order valence-electron chi connectivity index (χ1n) is 4.23. The number of urea groups is 1. The van der Waals surface area contributed by atoms with E-state index in [0.29, 0.717) is 6.54 Å². The maximum Gasteiger partial charge on any atom is 0.321 e. The van der Waals surface area contributed by atoms with Gasteiger partial charge in [0.1, 0.15) is 0 Å². The zero-order valence-corrected chi connectivity index (χ0v) is 9.40. The van der Waals surface area contributed by atoms with Crippen molar-refractivity contribution in [1.82, 2.24) is 15.6 Å². The number of nitrogens with zero attached hydrogens (tertiary/aromatic N) is 1. The third kappa shape index (κ3) is 4.75. The molecule has 0 aliphatic carbocycles. The van der Waals surface area contributed by atoms with E-state index < -0.39 is 6.03 Å². The van der Waals surface area contributed by atoms with Gasteiger partial charge in [0.25, 0.3) is 0 Å². The summed E-state index contributed by atoms with van der Waals surface area (Å²) in [5.41, 5.74) is 1.67. The molecule has 0 fully saturated rings. The quantitative estimate of drug-likeness (QED) is 0.783. The average molecular weight is 248 g/mol. The van der Waals surface area contributed by atoms with Crippen LogP contribution in [-0.4, -0.2) is 22.8 Å². The minimum absolute atomic E-state index is 0.134. The molecule has 0 spiro atoms. The maximum atomic E-state index is 11.1. The molecule has 0 aliphatic rings. The summed E-state index contributed by atoms with van der Waals surface area (Å²) < 4.78 is 0. The van der Waals surface area contributed by atoms with E-state index in [1.165, 1.54) is 11.3 Å². The van der Waals surface area contributed by atoms with Crippen LogP contribution in [0.25, 0.3) is 0 Å². The van der Waals surface area contributed by atoms with Gasteiger partial charge in [0, 0.05) is 23.4 Å². The number of hydrogen-bond donors (Lipinski definition) is 2. The summed E-state index contributed by atoms with van der Waals surface area (Å²) >= 11 is 6.77. The molecule has 82 valence electrons. The molecule has 0 aromatic carbocycles. The van der Waals surface area contributed by atoms with Crippen LogP contribution in [0.5, 0.6) is 0 Å². The van der Waals surface area contributed by atoms with Crippen molar-refractivity contribution in [2.24, 2.45) is 0 Å². The van der Waals surface area contributed by atoms with E-state index in [1.807, 2.05) is 0 Å². The molecule has 1 aromatic rings. The number of nitrogens with one attached hydrogen (secondary N) is 2. The zero-order valence-electron chi connectivity index (χ0n) is 7.83. The van der Waals surface area contributed by atoms with Crippen molar-refractivity contribution < 1.29 is 9.59 Å². The molecule has 0 atom stereocenters.